The van der Waals surface area contributed by atoms with E-state index in [1.165, 1.54) is 0 Å². The summed E-state index contributed by atoms with van der Waals surface area (Å²) in [6, 6.07) is 13.5. The van der Waals surface area contributed by atoms with Gasteiger partial charge in [0.2, 0.25) is 0 Å². The van der Waals surface area contributed by atoms with E-state index in [0.29, 0.717) is 18.3 Å². The Hall–Kier alpha value is -2.69. The van der Waals surface area contributed by atoms with E-state index in [2.05, 4.69) is 20.2 Å². The van der Waals surface area contributed by atoms with Crippen molar-refractivity contribution in [2.75, 3.05) is 0 Å². The number of aryl methyl sites for hydroxylation is 1. The zero-order chi connectivity index (χ0) is 13.8. The van der Waals surface area contributed by atoms with Crippen molar-refractivity contribution in [2.24, 2.45) is 0 Å². The molecule has 0 spiro atoms. The normalized spacial score (nSPS) is 10.4. The van der Waals surface area contributed by atoms with Gasteiger partial charge >= 0.3 is 0 Å². The predicted octanol–water partition coefficient (Wildman–Crippen LogP) is 2.75. The molecule has 0 aliphatic carbocycles. The van der Waals surface area contributed by atoms with Crippen LogP contribution in [0.2, 0.25) is 0 Å². The lowest BCUT2D eigenvalue weighted by Gasteiger charge is -2.06. The Labute approximate surface area is 116 Å². The van der Waals surface area contributed by atoms with Gasteiger partial charge in [-0.2, -0.15) is 5.10 Å². The molecule has 5 heteroatoms. The number of nitrogens with zero attached hydrogens (tertiary/aromatic N) is 3. The summed E-state index contributed by atoms with van der Waals surface area (Å²) < 4.78 is 5.72. The molecule has 3 aromatic rings. The van der Waals surface area contributed by atoms with Crippen LogP contribution in [0, 0.1) is 6.92 Å². The summed E-state index contributed by atoms with van der Waals surface area (Å²) in [5.74, 6) is 2.10. The van der Waals surface area contributed by atoms with Gasteiger partial charge in [0.15, 0.2) is 11.6 Å². The van der Waals surface area contributed by atoms with Gasteiger partial charge in [-0.15, -0.1) is 0 Å². The molecule has 1 N–H and O–H groups in total. The number of aromatic nitrogens is 4. The monoisotopic (exact) mass is 266 g/mol. The van der Waals surface area contributed by atoms with Crippen molar-refractivity contribution >= 4 is 0 Å². The molecule has 0 fully saturated rings. The largest absolute Gasteiger partial charge is 0.485 e. The average molecular weight is 266 g/mol. The summed E-state index contributed by atoms with van der Waals surface area (Å²) in [7, 11) is 0. The molecule has 0 saturated carbocycles. The van der Waals surface area contributed by atoms with E-state index < -0.39 is 0 Å². The molecule has 100 valence electrons. The Bertz CT molecular complexity index is 694. The molecule has 0 unspecified atom stereocenters. The number of pyridine rings is 1. The molecule has 5 nitrogen and oxygen atoms in total. The second-order valence-corrected chi connectivity index (χ2v) is 4.37. The number of ether oxygens (including phenoxy) is 1. The number of rotatable bonds is 4. The highest BCUT2D eigenvalue weighted by Gasteiger charge is 2.07. The van der Waals surface area contributed by atoms with Crippen LogP contribution in [0.3, 0.4) is 0 Å². The van der Waals surface area contributed by atoms with Crippen molar-refractivity contribution in [1.82, 2.24) is 20.2 Å². The molecule has 0 amide bonds. The molecule has 0 aliphatic rings. The van der Waals surface area contributed by atoms with Gasteiger partial charge in [0.05, 0.1) is 0 Å². The van der Waals surface area contributed by atoms with Gasteiger partial charge in [0.25, 0.3) is 0 Å². The van der Waals surface area contributed by atoms with Gasteiger partial charge in [-0.25, -0.2) is 4.98 Å². The zero-order valence-corrected chi connectivity index (χ0v) is 11.1. The average Bonchev–Trinajstić information content (AvgIpc) is 2.96. The Morgan fingerprint density at radius 2 is 1.95 bits per heavy atom. The number of para-hydroxylation sites is 1. The van der Waals surface area contributed by atoms with Crippen molar-refractivity contribution < 1.29 is 4.74 Å². The van der Waals surface area contributed by atoms with Gasteiger partial charge < -0.3 is 4.74 Å². The molecule has 20 heavy (non-hydrogen) atoms. The maximum Gasteiger partial charge on any atom is 0.199 e. The summed E-state index contributed by atoms with van der Waals surface area (Å²) in [5, 5.41) is 7.01. The smallest absolute Gasteiger partial charge is 0.199 e. The predicted molar refractivity (Wildman–Crippen MR) is 75.1 cm³/mol. The minimum atomic E-state index is 0.352. The van der Waals surface area contributed by atoms with Crippen LogP contribution in [0.15, 0.2) is 48.7 Å². The number of aromatic amines is 1. The van der Waals surface area contributed by atoms with Gasteiger partial charge in [-0.05, 0) is 30.7 Å². The third-order valence-electron chi connectivity index (χ3n) is 2.88. The quantitative estimate of drug-likeness (QED) is 0.788. The molecule has 1 aromatic carbocycles. The van der Waals surface area contributed by atoms with Crippen molar-refractivity contribution in [1.29, 1.82) is 0 Å². The third-order valence-corrected chi connectivity index (χ3v) is 2.88. The van der Waals surface area contributed by atoms with Gasteiger partial charge in [0, 0.05) is 6.20 Å². The summed E-state index contributed by atoms with van der Waals surface area (Å²) in [6.07, 6.45) is 1.72. The number of benzene rings is 1. The SMILES string of the molecule is Cc1ccccc1OCc1nc(-c2ccccn2)n[nH]1. The van der Waals surface area contributed by atoms with E-state index in [1.807, 2.05) is 49.4 Å². The van der Waals surface area contributed by atoms with Gasteiger partial charge in [-0.3, -0.25) is 10.1 Å². The Kier molecular flexibility index (Phi) is 3.41. The number of nitrogens with one attached hydrogen (secondary N) is 1. The van der Waals surface area contributed by atoms with E-state index >= 15 is 0 Å². The highest BCUT2D eigenvalue weighted by molar-refractivity contribution is 5.47. The van der Waals surface area contributed by atoms with Crippen LogP contribution in [0.25, 0.3) is 11.5 Å². The molecule has 2 aromatic heterocycles. The van der Waals surface area contributed by atoms with Crippen LogP contribution < -0.4 is 4.74 Å². The minimum absolute atomic E-state index is 0.352. The van der Waals surface area contributed by atoms with E-state index in [-0.39, 0.29) is 0 Å². The molecule has 0 radical (unpaired) electrons. The third kappa shape index (κ3) is 2.66. The molecule has 0 saturated heterocycles. The Morgan fingerprint density at radius 3 is 2.75 bits per heavy atom. The fourth-order valence-electron chi connectivity index (χ4n) is 1.83. The summed E-state index contributed by atoms with van der Waals surface area (Å²) in [6.45, 7) is 2.36. The molecular formula is C15H14N4O. The first-order chi connectivity index (χ1) is 9.83. The van der Waals surface area contributed by atoms with Crippen molar-refractivity contribution in [3.63, 3.8) is 0 Å². The van der Waals surface area contributed by atoms with Crippen LogP contribution in [0.5, 0.6) is 5.75 Å². The minimum Gasteiger partial charge on any atom is -0.485 e. The van der Waals surface area contributed by atoms with Crippen LogP contribution in [0.4, 0.5) is 0 Å². The van der Waals surface area contributed by atoms with E-state index in [4.69, 9.17) is 4.74 Å². The fraction of sp³-hybridized carbons (Fsp3) is 0.133. The molecule has 3 rings (SSSR count). The highest BCUT2D eigenvalue weighted by atomic mass is 16.5. The molecule has 0 aliphatic heterocycles. The van der Waals surface area contributed by atoms with Crippen molar-refractivity contribution in [3.05, 3.63) is 60.0 Å². The van der Waals surface area contributed by atoms with E-state index in [1.54, 1.807) is 6.20 Å². The van der Waals surface area contributed by atoms with Crippen molar-refractivity contribution in [3.8, 4) is 17.3 Å². The molecule has 2 heterocycles. The first-order valence-electron chi connectivity index (χ1n) is 6.34. The summed E-state index contributed by atoms with van der Waals surface area (Å²) in [5.41, 5.74) is 1.84. The second kappa shape index (κ2) is 5.52. The van der Waals surface area contributed by atoms with Crippen LogP contribution in [0.1, 0.15) is 11.4 Å². The number of hydrogen-bond acceptors (Lipinski definition) is 4. The number of H-pyrrole nitrogens is 1. The Balaban J connectivity index is 1.71. The van der Waals surface area contributed by atoms with Crippen LogP contribution >= 0.6 is 0 Å². The zero-order valence-electron chi connectivity index (χ0n) is 11.1. The number of hydrogen-bond donors (Lipinski definition) is 1. The van der Waals surface area contributed by atoms with Gasteiger partial charge in [0.1, 0.15) is 18.1 Å². The highest BCUT2D eigenvalue weighted by Crippen LogP contribution is 2.17. The molecular weight excluding hydrogens is 252 g/mol. The second-order valence-electron chi connectivity index (χ2n) is 4.37. The fourth-order valence-corrected chi connectivity index (χ4v) is 1.83. The lowest BCUT2D eigenvalue weighted by Crippen LogP contribution is -1.98. The topological polar surface area (TPSA) is 63.7 Å². The summed E-state index contributed by atoms with van der Waals surface area (Å²) >= 11 is 0. The standard InChI is InChI=1S/C15H14N4O/c1-11-6-2-3-8-13(11)20-10-14-17-15(19-18-14)12-7-4-5-9-16-12/h2-9H,10H2,1H3,(H,17,18,19). The van der Waals surface area contributed by atoms with Crippen LogP contribution in [-0.2, 0) is 6.61 Å². The Morgan fingerprint density at radius 1 is 1.10 bits per heavy atom. The lowest BCUT2D eigenvalue weighted by atomic mass is 10.2. The lowest BCUT2D eigenvalue weighted by molar-refractivity contribution is 0.294. The first kappa shape index (κ1) is 12.3. The van der Waals surface area contributed by atoms with Crippen LogP contribution in [-0.4, -0.2) is 20.2 Å². The van der Waals surface area contributed by atoms with Gasteiger partial charge in [-0.1, -0.05) is 24.3 Å². The maximum absolute atomic E-state index is 5.72. The van der Waals surface area contributed by atoms with Crippen molar-refractivity contribution in [2.45, 2.75) is 13.5 Å². The molecule has 0 atom stereocenters. The molecule has 0 bridgehead atoms. The summed E-state index contributed by atoms with van der Waals surface area (Å²) in [4.78, 5) is 8.58. The van der Waals surface area contributed by atoms with E-state index in [9.17, 15) is 0 Å². The van der Waals surface area contributed by atoms with E-state index in [0.717, 1.165) is 17.0 Å². The first-order valence-corrected chi connectivity index (χ1v) is 6.34. The maximum atomic E-state index is 5.72.